The first-order valence-electron chi connectivity index (χ1n) is 6.21. The van der Waals surface area contributed by atoms with Crippen molar-refractivity contribution in [3.05, 3.63) is 64.7 Å². The van der Waals surface area contributed by atoms with Crippen LogP contribution in [0.1, 0.15) is 11.1 Å². The number of halogens is 1. The first kappa shape index (κ1) is 14.9. The number of nitrogens with zero attached hydrogens (tertiary/aromatic N) is 1. The molecule has 0 heterocycles. The molecule has 2 rings (SSSR count). The number of nitrogens with two attached hydrogens (primary N) is 1. The van der Waals surface area contributed by atoms with E-state index in [1.807, 2.05) is 0 Å². The van der Waals surface area contributed by atoms with Crippen LogP contribution in [-0.2, 0) is 11.2 Å². The molecule has 1 amide bonds. The van der Waals surface area contributed by atoms with Crippen molar-refractivity contribution >= 4 is 29.0 Å². The van der Waals surface area contributed by atoms with Gasteiger partial charge in [0.1, 0.15) is 0 Å². The van der Waals surface area contributed by atoms with Gasteiger partial charge in [-0.1, -0.05) is 53.2 Å². The molecule has 0 radical (unpaired) electrons. The average Bonchev–Trinajstić information content (AvgIpc) is 2.49. The van der Waals surface area contributed by atoms with Gasteiger partial charge in [0, 0.05) is 5.56 Å². The first-order chi connectivity index (χ1) is 10.1. The number of nitrogens with one attached hydrogen (secondary N) is 1. The highest BCUT2D eigenvalue weighted by atomic mass is 35.5. The van der Waals surface area contributed by atoms with E-state index in [0.29, 0.717) is 16.3 Å². The van der Waals surface area contributed by atoms with Gasteiger partial charge in [0.25, 0.3) is 0 Å². The molecule has 0 spiro atoms. The number of hydrogen-bond donors (Lipinski definition) is 3. The fourth-order valence-electron chi connectivity index (χ4n) is 1.79. The molecule has 108 valence electrons. The zero-order valence-electron chi connectivity index (χ0n) is 11.1. The Hall–Kier alpha value is -2.53. The predicted molar refractivity (Wildman–Crippen MR) is 82.7 cm³/mol. The molecule has 4 N–H and O–H groups in total. The summed E-state index contributed by atoms with van der Waals surface area (Å²) in [7, 11) is 0. The van der Waals surface area contributed by atoms with Gasteiger partial charge < -0.3 is 16.3 Å². The smallest absolute Gasteiger partial charge is 0.228 e. The molecule has 0 aliphatic rings. The van der Waals surface area contributed by atoms with Crippen LogP contribution in [0.15, 0.2) is 53.7 Å². The summed E-state index contributed by atoms with van der Waals surface area (Å²) in [4.78, 5) is 12.0. The molecular weight excluding hydrogens is 290 g/mol. The molecule has 5 nitrogen and oxygen atoms in total. The van der Waals surface area contributed by atoms with E-state index in [9.17, 15) is 4.79 Å². The number of para-hydroxylation sites is 1. The van der Waals surface area contributed by atoms with Gasteiger partial charge in [0.2, 0.25) is 5.91 Å². The number of oxime groups is 1. The summed E-state index contributed by atoms with van der Waals surface area (Å²) in [6.45, 7) is 0. The maximum atomic E-state index is 12.0. The second-order valence-corrected chi connectivity index (χ2v) is 4.79. The second kappa shape index (κ2) is 6.76. The van der Waals surface area contributed by atoms with E-state index in [0.717, 1.165) is 5.56 Å². The van der Waals surface area contributed by atoms with Crippen LogP contribution in [0.25, 0.3) is 0 Å². The van der Waals surface area contributed by atoms with Crippen LogP contribution in [0.2, 0.25) is 5.02 Å². The van der Waals surface area contributed by atoms with Crippen LogP contribution in [0.4, 0.5) is 5.69 Å². The molecule has 0 aliphatic carbocycles. The zero-order valence-corrected chi connectivity index (χ0v) is 11.8. The first-order valence-corrected chi connectivity index (χ1v) is 6.59. The van der Waals surface area contributed by atoms with E-state index in [1.54, 1.807) is 48.5 Å². The largest absolute Gasteiger partial charge is 0.409 e. The quantitative estimate of drug-likeness (QED) is 0.351. The summed E-state index contributed by atoms with van der Waals surface area (Å²) in [5.41, 5.74) is 7.46. The lowest BCUT2D eigenvalue weighted by Crippen LogP contribution is -2.15. The van der Waals surface area contributed by atoms with E-state index in [1.165, 1.54) is 0 Å². The maximum Gasteiger partial charge on any atom is 0.228 e. The predicted octanol–water partition coefficient (Wildman–Crippen LogP) is 2.62. The van der Waals surface area contributed by atoms with Crippen LogP contribution in [0.3, 0.4) is 0 Å². The van der Waals surface area contributed by atoms with Gasteiger partial charge in [-0.05, 0) is 17.7 Å². The molecule has 0 aromatic heterocycles. The Morgan fingerprint density at radius 2 is 1.86 bits per heavy atom. The highest BCUT2D eigenvalue weighted by Gasteiger charge is 2.07. The number of hydrogen-bond acceptors (Lipinski definition) is 3. The van der Waals surface area contributed by atoms with Crippen molar-refractivity contribution < 1.29 is 10.0 Å². The highest BCUT2D eigenvalue weighted by molar-refractivity contribution is 6.33. The second-order valence-electron chi connectivity index (χ2n) is 4.39. The normalized spacial score (nSPS) is 11.2. The van der Waals surface area contributed by atoms with Gasteiger partial charge in [0.15, 0.2) is 5.84 Å². The van der Waals surface area contributed by atoms with Crippen molar-refractivity contribution in [2.45, 2.75) is 6.42 Å². The number of benzene rings is 2. The van der Waals surface area contributed by atoms with Crippen LogP contribution >= 0.6 is 11.6 Å². The maximum absolute atomic E-state index is 12.0. The number of rotatable bonds is 4. The summed E-state index contributed by atoms with van der Waals surface area (Å²) >= 11 is 5.98. The van der Waals surface area contributed by atoms with Crippen molar-refractivity contribution in [1.82, 2.24) is 0 Å². The third kappa shape index (κ3) is 3.97. The van der Waals surface area contributed by atoms with Gasteiger partial charge in [-0.25, -0.2) is 0 Å². The van der Waals surface area contributed by atoms with E-state index in [-0.39, 0.29) is 18.2 Å². The van der Waals surface area contributed by atoms with Crippen LogP contribution in [-0.4, -0.2) is 17.0 Å². The number of anilines is 1. The SMILES string of the molecule is NC(=NO)c1ccc(CC(=O)Nc2ccccc2Cl)cc1. The molecule has 21 heavy (non-hydrogen) atoms. The Kier molecular flexibility index (Phi) is 4.79. The van der Waals surface area contributed by atoms with Gasteiger partial charge in [-0.3, -0.25) is 4.79 Å². The Morgan fingerprint density at radius 1 is 1.19 bits per heavy atom. The molecule has 0 fully saturated rings. The fraction of sp³-hybridized carbons (Fsp3) is 0.0667. The van der Waals surface area contributed by atoms with Crippen LogP contribution in [0, 0.1) is 0 Å². The van der Waals surface area contributed by atoms with Crippen LogP contribution < -0.4 is 11.1 Å². The van der Waals surface area contributed by atoms with E-state index in [2.05, 4.69) is 10.5 Å². The average molecular weight is 304 g/mol. The third-order valence-corrected chi connectivity index (χ3v) is 3.20. The van der Waals surface area contributed by atoms with Gasteiger partial charge in [-0.15, -0.1) is 0 Å². The number of carbonyl (C=O) groups excluding carboxylic acids is 1. The lowest BCUT2D eigenvalue weighted by atomic mass is 10.1. The third-order valence-electron chi connectivity index (χ3n) is 2.87. The van der Waals surface area contributed by atoms with Crippen LogP contribution in [0.5, 0.6) is 0 Å². The van der Waals surface area contributed by atoms with E-state index < -0.39 is 0 Å². The van der Waals surface area contributed by atoms with Crippen molar-refractivity contribution in [2.24, 2.45) is 10.9 Å². The fourth-order valence-corrected chi connectivity index (χ4v) is 1.98. The summed E-state index contributed by atoms with van der Waals surface area (Å²) in [5.74, 6) is -0.137. The molecule has 0 unspecified atom stereocenters. The standard InChI is InChI=1S/C15H14ClN3O2/c16-12-3-1-2-4-13(12)18-14(20)9-10-5-7-11(8-6-10)15(17)19-21/h1-8,21H,9H2,(H2,17,19)(H,18,20). The number of amidine groups is 1. The van der Waals surface area contributed by atoms with E-state index >= 15 is 0 Å². The minimum Gasteiger partial charge on any atom is -0.409 e. The summed E-state index contributed by atoms with van der Waals surface area (Å²) in [5, 5.41) is 14.7. The van der Waals surface area contributed by atoms with Crippen molar-refractivity contribution in [1.29, 1.82) is 0 Å². The lowest BCUT2D eigenvalue weighted by molar-refractivity contribution is -0.115. The zero-order chi connectivity index (χ0) is 15.2. The minimum absolute atomic E-state index is 0.0297. The molecule has 2 aromatic rings. The molecular formula is C15H14ClN3O2. The molecule has 0 aliphatic heterocycles. The molecule has 6 heteroatoms. The summed E-state index contributed by atoms with van der Waals surface area (Å²) < 4.78 is 0. The monoisotopic (exact) mass is 303 g/mol. The highest BCUT2D eigenvalue weighted by Crippen LogP contribution is 2.20. The number of amides is 1. The lowest BCUT2D eigenvalue weighted by Gasteiger charge is -2.07. The molecule has 0 bridgehead atoms. The van der Waals surface area contributed by atoms with Gasteiger partial charge >= 0.3 is 0 Å². The van der Waals surface area contributed by atoms with Crippen molar-refractivity contribution in [2.75, 3.05) is 5.32 Å². The summed E-state index contributed by atoms with van der Waals surface area (Å²) in [6, 6.07) is 13.9. The Bertz CT molecular complexity index is 669. The Morgan fingerprint density at radius 3 is 2.48 bits per heavy atom. The van der Waals surface area contributed by atoms with E-state index in [4.69, 9.17) is 22.5 Å². The van der Waals surface area contributed by atoms with Crippen molar-refractivity contribution in [3.63, 3.8) is 0 Å². The Labute approximate surface area is 127 Å². The molecule has 0 saturated carbocycles. The molecule has 0 saturated heterocycles. The molecule has 2 aromatic carbocycles. The number of carbonyl (C=O) groups is 1. The summed E-state index contributed by atoms with van der Waals surface area (Å²) in [6.07, 6.45) is 0.210. The Balaban J connectivity index is 2.02. The molecule has 0 atom stereocenters. The van der Waals surface area contributed by atoms with Gasteiger partial charge in [0.05, 0.1) is 17.1 Å². The minimum atomic E-state index is -0.167. The van der Waals surface area contributed by atoms with Gasteiger partial charge in [-0.2, -0.15) is 0 Å². The topological polar surface area (TPSA) is 87.7 Å². The van der Waals surface area contributed by atoms with Crippen molar-refractivity contribution in [3.8, 4) is 0 Å².